The van der Waals surface area contributed by atoms with Gasteiger partial charge in [-0.2, -0.15) is 0 Å². The summed E-state index contributed by atoms with van der Waals surface area (Å²) in [6, 6.07) is 3.09. The van der Waals surface area contributed by atoms with Crippen LogP contribution < -0.4 is 11.5 Å². The van der Waals surface area contributed by atoms with Crippen LogP contribution >= 0.6 is 45.8 Å². The monoisotopic (exact) mass is 452 g/mol. The van der Waals surface area contributed by atoms with Gasteiger partial charge in [-0.3, -0.25) is 0 Å². The zero-order valence-electron chi connectivity index (χ0n) is 11.0. The van der Waals surface area contributed by atoms with Crippen molar-refractivity contribution in [1.82, 2.24) is 9.97 Å². The van der Waals surface area contributed by atoms with E-state index in [0.717, 1.165) is 9.65 Å². The van der Waals surface area contributed by atoms with Gasteiger partial charge < -0.3 is 16.6 Å². The number of halogens is 3. The number of aliphatic carboxylic acids is 1. The first-order valence-corrected chi connectivity index (χ1v) is 7.51. The standard InChI is InChI=1S/C8H7ClN2O2.C5H4ClIN2/c9-7-3-6(10)5(4-11-7)1-2-8(12)13;6-5-1-4(8)3(7)2-9-5/h1-4H,(H2,10,11)(H,12,13);1-2H,(H2,8,9)/b2-1+;. The molecular formula is C13H11Cl2IN4O2. The number of carboxylic acids is 1. The number of nitrogen functional groups attached to an aromatic ring is 2. The summed E-state index contributed by atoms with van der Waals surface area (Å²) in [5.41, 5.74) is 12.6. The number of hydrogen-bond donors (Lipinski definition) is 3. The molecule has 0 bridgehead atoms. The molecule has 0 saturated carbocycles. The van der Waals surface area contributed by atoms with E-state index in [4.69, 9.17) is 39.8 Å². The van der Waals surface area contributed by atoms with Gasteiger partial charge in [0.05, 0.1) is 3.57 Å². The van der Waals surface area contributed by atoms with Crippen LogP contribution in [0.4, 0.5) is 11.4 Å². The van der Waals surface area contributed by atoms with E-state index in [1.54, 1.807) is 12.3 Å². The fraction of sp³-hybridized carbons (Fsp3) is 0. The topological polar surface area (TPSA) is 115 Å². The number of carboxylic acid groups (broad SMARTS) is 1. The molecule has 0 amide bonds. The SMILES string of the molecule is Nc1cc(Cl)ncc1/C=C/C(=O)O.Nc1cc(Cl)ncc1I. The van der Waals surface area contributed by atoms with Crippen molar-refractivity contribution in [2.75, 3.05) is 11.5 Å². The van der Waals surface area contributed by atoms with Gasteiger partial charge in [-0.15, -0.1) is 0 Å². The zero-order chi connectivity index (χ0) is 16.7. The first-order chi connectivity index (χ1) is 10.3. The second kappa shape index (κ2) is 8.76. The van der Waals surface area contributed by atoms with E-state index in [2.05, 4.69) is 32.6 Å². The van der Waals surface area contributed by atoms with Crippen molar-refractivity contribution in [1.29, 1.82) is 0 Å². The fourth-order valence-corrected chi connectivity index (χ4v) is 1.81. The summed E-state index contributed by atoms with van der Waals surface area (Å²) in [4.78, 5) is 17.8. The van der Waals surface area contributed by atoms with Gasteiger partial charge >= 0.3 is 5.97 Å². The van der Waals surface area contributed by atoms with Crippen LogP contribution in [-0.4, -0.2) is 21.0 Å². The van der Waals surface area contributed by atoms with Crippen LogP contribution in [0.3, 0.4) is 0 Å². The predicted molar refractivity (Wildman–Crippen MR) is 96.7 cm³/mol. The Bertz CT molecular complexity index is 710. The normalized spacial score (nSPS) is 10.1. The Balaban J connectivity index is 0.000000235. The fourth-order valence-electron chi connectivity index (χ4n) is 1.18. The minimum absolute atomic E-state index is 0.282. The van der Waals surface area contributed by atoms with Gasteiger partial charge in [-0.1, -0.05) is 23.2 Å². The first kappa shape index (κ1) is 18.5. The Morgan fingerprint density at radius 3 is 2.14 bits per heavy atom. The van der Waals surface area contributed by atoms with Gasteiger partial charge in [0.1, 0.15) is 10.3 Å². The lowest BCUT2D eigenvalue weighted by Gasteiger charge is -1.98. The molecule has 0 aliphatic rings. The summed E-state index contributed by atoms with van der Waals surface area (Å²) in [5.74, 6) is -1.03. The molecule has 0 aliphatic carbocycles. The minimum atomic E-state index is -1.03. The molecule has 0 radical (unpaired) electrons. The maximum atomic E-state index is 10.2. The number of rotatable bonds is 2. The average Bonchev–Trinajstić information content (AvgIpc) is 2.43. The maximum absolute atomic E-state index is 10.2. The van der Waals surface area contributed by atoms with Crippen LogP contribution in [0.15, 0.2) is 30.6 Å². The smallest absolute Gasteiger partial charge is 0.328 e. The number of anilines is 2. The Hall–Kier alpha value is -1.58. The van der Waals surface area contributed by atoms with Crippen LogP contribution in [0.5, 0.6) is 0 Å². The Morgan fingerprint density at radius 2 is 1.68 bits per heavy atom. The van der Waals surface area contributed by atoms with Crippen molar-refractivity contribution in [2.24, 2.45) is 0 Å². The highest BCUT2D eigenvalue weighted by molar-refractivity contribution is 14.1. The molecule has 0 atom stereocenters. The third-order valence-electron chi connectivity index (χ3n) is 2.19. The van der Waals surface area contributed by atoms with E-state index in [9.17, 15) is 4.79 Å². The van der Waals surface area contributed by atoms with Gasteiger partial charge in [0, 0.05) is 35.4 Å². The van der Waals surface area contributed by atoms with Crippen molar-refractivity contribution >= 4 is 69.2 Å². The summed E-state index contributed by atoms with van der Waals surface area (Å²) in [6.07, 6.45) is 5.40. The molecular weight excluding hydrogens is 442 g/mol. The Morgan fingerprint density at radius 1 is 1.14 bits per heavy atom. The van der Waals surface area contributed by atoms with E-state index < -0.39 is 5.97 Å². The van der Waals surface area contributed by atoms with Crippen molar-refractivity contribution in [3.8, 4) is 0 Å². The lowest BCUT2D eigenvalue weighted by atomic mass is 10.2. The second-order valence-electron chi connectivity index (χ2n) is 3.84. The minimum Gasteiger partial charge on any atom is -0.478 e. The van der Waals surface area contributed by atoms with Gasteiger partial charge in [0.25, 0.3) is 0 Å². The number of carbonyl (C=O) groups is 1. The van der Waals surface area contributed by atoms with E-state index in [0.29, 0.717) is 22.1 Å². The molecule has 0 spiro atoms. The van der Waals surface area contributed by atoms with E-state index >= 15 is 0 Å². The van der Waals surface area contributed by atoms with Gasteiger partial charge in [0.2, 0.25) is 0 Å². The summed E-state index contributed by atoms with van der Waals surface area (Å²) in [7, 11) is 0. The summed E-state index contributed by atoms with van der Waals surface area (Å²) < 4.78 is 0.928. The molecule has 0 saturated heterocycles. The van der Waals surface area contributed by atoms with Crippen molar-refractivity contribution in [3.05, 3.63) is 50.0 Å². The molecule has 2 aromatic rings. The number of aromatic nitrogens is 2. The zero-order valence-corrected chi connectivity index (χ0v) is 14.7. The molecule has 0 unspecified atom stereocenters. The molecule has 22 heavy (non-hydrogen) atoms. The molecule has 2 heterocycles. The number of nitrogens with two attached hydrogens (primary N) is 2. The third-order valence-corrected chi connectivity index (χ3v) is 3.51. The van der Waals surface area contributed by atoms with Gasteiger partial charge in [-0.05, 0) is 40.8 Å². The largest absolute Gasteiger partial charge is 0.478 e. The van der Waals surface area contributed by atoms with Crippen LogP contribution in [0, 0.1) is 3.57 Å². The predicted octanol–water partition coefficient (Wildman–Crippen LogP) is 3.34. The molecule has 6 nitrogen and oxygen atoms in total. The summed E-state index contributed by atoms with van der Waals surface area (Å²) in [6.45, 7) is 0. The molecule has 0 fully saturated rings. The molecule has 0 aliphatic heterocycles. The average molecular weight is 453 g/mol. The summed E-state index contributed by atoms with van der Waals surface area (Å²) >= 11 is 13.2. The third kappa shape index (κ3) is 6.46. The molecule has 9 heteroatoms. The lowest BCUT2D eigenvalue weighted by Crippen LogP contribution is -1.92. The molecule has 116 valence electrons. The van der Waals surface area contributed by atoms with Crippen LogP contribution in [-0.2, 0) is 4.79 Å². The highest BCUT2D eigenvalue weighted by Gasteiger charge is 1.97. The van der Waals surface area contributed by atoms with Gasteiger partial charge in [0.15, 0.2) is 0 Å². The number of hydrogen-bond acceptors (Lipinski definition) is 5. The van der Waals surface area contributed by atoms with Crippen LogP contribution in [0.2, 0.25) is 10.3 Å². The molecule has 2 aromatic heterocycles. The van der Waals surface area contributed by atoms with Crippen molar-refractivity contribution < 1.29 is 9.90 Å². The maximum Gasteiger partial charge on any atom is 0.328 e. The Labute approximate surface area is 150 Å². The molecule has 0 aromatic carbocycles. The van der Waals surface area contributed by atoms with Crippen LogP contribution in [0.25, 0.3) is 6.08 Å². The summed E-state index contributed by atoms with van der Waals surface area (Å²) in [5, 5.41) is 9.07. The molecule has 5 N–H and O–H groups in total. The van der Waals surface area contributed by atoms with E-state index in [1.807, 2.05) is 0 Å². The number of pyridine rings is 2. The highest BCUT2D eigenvalue weighted by atomic mass is 127. The Kier molecular flexibility index (Phi) is 7.36. The second-order valence-corrected chi connectivity index (χ2v) is 5.77. The van der Waals surface area contributed by atoms with E-state index in [-0.39, 0.29) is 5.15 Å². The molecule has 2 rings (SSSR count). The van der Waals surface area contributed by atoms with E-state index in [1.165, 1.54) is 18.3 Å². The lowest BCUT2D eigenvalue weighted by molar-refractivity contribution is -0.131. The van der Waals surface area contributed by atoms with Crippen molar-refractivity contribution in [2.45, 2.75) is 0 Å². The first-order valence-electron chi connectivity index (χ1n) is 5.68. The number of nitrogens with zero attached hydrogens (tertiary/aromatic N) is 2. The highest BCUT2D eigenvalue weighted by Crippen LogP contribution is 2.16. The van der Waals surface area contributed by atoms with Crippen molar-refractivity contribution in [3.63, 3.8) is 0 Å². The van der Waals surface area contributed by atoms with Crippen LogP contribution in [0.1, 0.15) is 5.56 Å². The quantitative estimate of drug-likeness (QED) is 0.365. The van der Waals surface area contributed by atoms with Gasteiger partial charge in [-0.25, -0.2) is 14.8 Å².